The zero-order valence-corrected chi connectivity index (χ0v) is 11.9. The summed E-state index contributed by atoms with van der Waals surface area (Å²) in [4.78, 5) is 21.9. The first-order valence-corrected chi connectivity index (χ1v) is 5.53. The third kappa shape index (κ3) is 4.50. The normalized spacial score (nSPS) is 10.5. The standard InChI is InChI=1S/C12H17N3O3.ClH/c1-8-9(5-4-6-10(8)15(17)18)7-14-11(16)12(2,3)13;/h4-6H,7,13H2,1-3H3,(H,14,16);1H. The van der Waals surface area contributed by atoms with Crippen LogP contribution in [-0.2, 0) is 11.3 Å². The van der Waals surface area contributed by atoms with E-state index in [4.69, 9.17) is 5.73 Å². The smallest absolute Gasteiger partial charge is 0.272 e. The maximum atomic E-state index is 11.6. The number of amides is 1. The summed E-state index contributed by atoms with van der Waals surface area (Å²) in [7, 11) is 0. The molecule has 1 aromatic carbocycles. The van der Waals surface area contributed by atoms with Crippen LogP contribution in [0.5, 0.6) is 0 Å². The Morgan fingerprint density at radius 2 is 2.05 bits per heavy atom. The van der Waals surface area contributed by atoms with Gasteiger partial charge in [-0.3, -0.25) is 14.9 Å². The molecule has 0 saturated heterocycles. The summed E-state index contributed by atoms with van der Waals surface area (Å²) in [6.07, 6.45) is 0. The van der Waals surface area contributed by atoms with Crippen molar-refractivity contribution in [1.82, 2.24) is 5.32 Å². The maximum absolute atomic E-state index is 11.6. The van der Waals surface area contributed by atoms with Crippen LogP contribution in [0.25, 0.3) is 0 Å². The highest BCUT2D eigenvalue weighted by Crippen LogP contribution is 2.20. The van der Waals surface area contributed by atoms with Crippen LogP contribution in [-0.4, -0.2) is 16.4 Å². The van der Waals surface area contributed by atoms with E-state index in [0.717, 1.165) is 0 Å². The van der Waals surface area contributed by atoms with Crippen LogP contribution in [0.2, 0.25) is 0 Å². The molecule has 1 aromatic rings. The lowest BCUT2D eigenvalue weighted by atomic mass is 10.0. The molecule has 0 aromatic heterocycles. The molecule has 0 bridgehead atoms. The molecule has 0 unspecified atom stereocenters. The summed E-state index contributed by atoms with van der Waals surface area (Å²) in [5.41, 5.74) is 5.99. The van der Waals surface area contributed by atoms with Crippen LogP contribution in [0.15, 0.2) is 18.2 Å². The van der Waals surface area contributed by atoms with Crippen molar-refractivity contribution >= 4 is 24.0 Å². The SMILES string of the molecule is Cc1c(CNC(=O)C(C)(C)N)cccc1[N+](=O)[O-].Cl. The van der Waals surface area contributed by atoms with E-state index in [1.165, 1.54) is 6.07 Å². The minimum Gasteiger partial charge on any atom is -0.350 e. The number of nitro benzene ring substituents is 1. The summed E-state index contributed by atoms with van der Waals surface area (Å²) < 4.78 is 0. The van der Waals surface area contributed by atoms with Crippen LogP contribution in [0, 0.1) is 17.0 Å². The number of hydrogen-bond acceptors (Lipinski definition) is 4. The molecule has 0 spiro atoms. The average Bonchev–Trinajstić information content (AvgIpc) is 2.25. The van der Waals surface area contributed by atoms with Crippen molar-refractivity contribution in [1.29, 1.82) is 0 Å². The molecule has 0 atom stereocenters. The highest BCUT2D eigenvalue weighted by Gasteiger charge is 2.22. The Bertz CT molecular complexity index is 484. The van der Waals surface area contributed by atoms with Crippen molar-refractivity contribution < 1.29 is 9.72 Å². The minimum absolute atomic E-state index is 0. The second-order valence-electron chi connectivity index (χ2n) is 4.72. The molecule has 19 heavy (non-hydrogen) atoms. The van der Waals surface area contributed by atoms with Gasteiger partial charge in [0, 0.05) is 18.2 Å². The van der Waals surface area contributed by atoms with E-state index in [9.17, 15) is 14.9 Å². The van der Waals surface area contributed by atoms with Gasteiger partial charge in [0.25, 0.3) is 5.69 Å². The van der Waals surface area contributed by atoms with E-state index < -0.39 is 10.5 Å². The van der Waals surface area contributed by atoms with Crippen LogP contribution < -0.4 is 11.1 Å². The van der Waals surface area contributed by atoms with Gasteiger partial charge in [0.2, 0.25) is 5.91 Å². The first-order valence-electron chi connectivity index (χ1n) is 5.53. The largest absolute Gasteiger partial charge is 0.350 e. The number of hydrogen-bond donors (Lipinski definition) is 2. The van der Waals surface area contributed by atoms with Gasteiger partial charge in [-0.05, 0) is 26.3 Å². The third-order valence-corrected chi connectivity index (χ3v) is 2.64. The van der Waals surface area contributed by atoms with E-state index in [0.29, 0.717) is 11.1 Å². The highest BCUT2D eigenvalue weighted by atomic mass is 35.5. The van der Waals surface area contributed by atoms with Crippen molar-refractivity contribution in [3.8, 4) is 0 Å². The molecule has 0 aliphatic heterocycles. The van der Waals surface area contributed by atoms with Gasteiger partial charge in [0.15, 0.2) is 0 Å². The summed E-state index contributed by atoms with van der Waals surface area (Å²) in [5.74, 6) is -0.298. The first-order chi connectivity index (χ1) is 8.23. The second kappa shape index (κ2) is 6.49. The summed E-state index contributed by atoms with van der Waals surface area (Å²) in [6, 6.07) is 4.78. The first kappa shape index (κ1) is 17.3. The molecule has 0 aliphatic rings. The predicted octanol–water partition coefficient (Wildman–Crippen LogP) is 1.68. The number of rotatable bonds is 4. The van der Waals surface area contributed by atoms with E-state index in [-0.39, 0.29) is 30.5 Å². The maximum Gasteiger partial charge on any atom is 0.272 e. The van der Waals surface area contributed by atoms with Crippen molar-refractivity contribution in [3.63, 3.8) is 0 Å². The molecule has 7 heteroatoms. The molecule has 6 nitrogen and oxygen atoms in total. The monoisotopic (exact) mass is 287 g/mol. The fourth-order valence-electron chi connectivity index (χ4n) is 1.46. The van der Waals surface area contributed by atoms with Gasteiger partial charge < -0.3 is 11.1 Å². The van der Waals surface area contributed by atoms with Gasteiger partial charge in [-0.15, -0.1) is 12.4 Å². The Hall–Kier alpha value is -1.66. The van der Waals surface area contributed by atoms with Gasteiger partial charge in [0.1, 0.15) is 0 Å². The quantitative estimate of drug-likeness (QED) is 0.650. The molecular formula is C12H18ClN3O3. The number of nitrogens with one attached hydrogen (secondary N) is 1. The van der Waals surface area contributed by atoms with E-state index in [2.05, 4.69) is 5.32 Å². The molecular weight excluding hydrogens is 270 g/mol. The Kier molecular flexibility index (Phi) is 5.92. The molecule has 1 rings (SSSR count). The minimum atomic E-state index is -0.964. The fraction of sp³-hybridized carbons (Fsp3) is 0.417. The molecule has 0 heterocycles. The molecule has 0 saturated carbocycles. The lowest BCUT2D eigenvalue weighted by molar-refractivity contribution is -0.385. The second-order valence-corrected chi connectivity index (χ2v) is 4.72. The molecule has 0 radical (unpaired) electrons. The Balaban J connectivity index is 0.00000324. The zero-order valence-electron chi connectivity index (χ0n) is 11.1. The van der Waals surface area contributed by atoms with Crippen molar-refractivity contribution in [2.45, 2.75) is 32.9 Å². The zero-order chi connectivity index (χ0) is 13.9. The lowest BCUT2D eigenvalue weighted by Crippen LogP contribution is -2.48. The van der Waals surface area contributed by atoms with Gasteiger partial charge in [-0.25, -0.2) is 0 Å². The molecule has 3 N–H and O–H groups in total. The van der Waals surface area contributed by atoms with Gasteiger partial charge >= 0.3 is 0 Å². The fourth-order valence-corrected chi connectivity index (χ4v) is 1.46. The number of halogens is 1. The number of carbonyl (C=O) groups excluding carboxylic acids is 1. The predicted molar refractivity (Wildman–Crippen MR) is 75.2 cm³/mol. The number of nitrogens with zero attached hydrogens (tertiary/aromatic N) is 1. The summed E-state index contributed by atoms with van der Waals surface area (Å²) in [6.45, 7) is 5.09. The Morgan fingerprint density at radius 1 is 1.47 bits per heavy atom. The molecule has 0 fully saturated rings. The van der Waals surface area contributed by atoms with Crippen LogP contribution in [0.3, 0.4) is 0 Å². The number of carbonyl (C=O) groups is 1. The van der Waals surface area contributed by atoms with Crippen molar-refractivity contribution in [2.24, 2.45) is 5.73 Å². The van der Waals surface area contributed by atoms with Gasteiger partial charge in [0.05, 0.1) is 10.5 Å². The van der Waals surface area contributed by atoms with Crippen LogP contribution in [0.4, 0.5) is 5.69 Å². The van der Waals surface area contributed by atoms with E-state index >= 15 is 0 Å². The topological polar surface area (TPSA) is 98.3 Å². The summed E-state index contributed by atoms with van der Waals surface area (Å²) >= 11 is 0. The highest BCUT2D eigenvalue weighted by molar-refractivity contribution is 5.85. The Morgan fingerprint density at radius 3 is 2.53 bits per heavy atom. The van der Waals surface area contributed by atoms with Crippen molar-refractivity contribution in [3.05, 3.63) is 39.4 Å². The number of nitro groups is 1. The van der Waals surface area contributed by atoms with Crippen molar-refractivity contribution in [2.75, 3.05) is 0 Å². The number of benzene rings is 1. The molecule has 1 amide bonds. The third-order valence-electron chi connectivity index (χ3n) is 2.64. The average molecular weight is 288 g/mol. The lowest BCUT2D eigenvalue weighted by Gasteiger charge is -2.18. The molecule has 0 aliphatic carbocycles. The summed E-state index contributed by atoms with van der Waals surface area (Å²) in [5, 5.41) is 13.4. The number of nitrogens with two attached hydrogens (primary N) is 1. The van der Waals surface area contributed by atoms with Crippen LogP contribution in [0.1, 0.15) is 25.0 Å². The van der Waals surface area contributed by atoms with E-state index in [1.54, 1.807) is 32.9 Å². The molecule has 106 valence electrons. The van der Waals surface area contributed by atoms with Gasteiger partial charge in [-0.2, -0.15) is 0 Å². The van der Waals surface area contributed by atoms with Gasteiger partial charge in [-0.1, -0.05) is 12.1 Å². The Labute approximate surface area is 117 Å². The van der Waals surface area contributed by atoms with Crippen LogP contribution >= 0.6 is 12.4 Å². The van der Waals surface area contributed by atoms with E-state index in [1.807, 2.05) is 0 Å².